The summed E-state index contributed by atoms with van der Waals surface area (Å²) in [6.45, 7) is 8.31. The van der Waals surface area contributed by atoms with E-state index in [1.807, 2.05) is 0 Å². The number of hydrogen-bond acceptors (Lipinski definition) is 3. The number of aromatic amines is 2. The monoisotopic (exact) mass is 250 g/mol. The van der Waals surface area contributed by atoms with Crippen LogP contribution in [0.2, 0.25) is 0 Å². The van der Waals surface area contributed by atoms with Gasteiger partial charge in [-0.25, -0.2) is 9.89 Å². The molecule has 100 valence electrons. The molecule has 0 saturated carbocycles. The Kier molecular flexibility index (Phi) is 3.71. The summed E-state index contributed by atoms with van der Waals surface area (Å²) >= 11 is 0. The summed E-state index contributed by atoms with van der Waals surface area (Å²) in [7, 11) is 0. The first-order chi connectivity index (χ1) is 8.49. The van der Waals surface area contributed by atoms with Gasteiger partial charge >= 0.3 is 5.69 Å². The van der Waals surface area contributed by atoms with Gasteiger partial charge < -0.3 is 5.32 Å². The molecule has 0 saturated heterocycles. The zero-order valence-corrected chi connectivity index (χ0v) is 11.4. The number of nitrogens with zero attached hydrogens (tertiary/aromatic N) is 1. The Hall–Kier alpha value is -1.36. The molecule has 5 heteroatoms. The molecule has 0 spiro atoms. The van der Waals surface area contributed by atoms with Crippen LogP contribution in [0.4, 0.5) is 0 Å². The van der Waals surface area contributed by atoms with Crippen molar-refractivity contribution in [3.8, 4) is 0 Å². The standard InChI is InChI=1S/C13H22N4O/c1-9-5-4-6-13(2,3)10(9)7-14-8-11-15-12(18)17-16-11/h14H,4-8H2,1-3H3,(H2,15,16,17,18). The predicted molar refractivity (Wildman–Crippen MR) is 71.2 cm³/mol. The number of H-pyrrole nitrogens is 2. The van der Waals surface area contributed by atoms with Crippen molar-refractivity contribution in [3.63, 3.8) is 0 Å². The summed E-state index contributed by atoms with van der Waals surface area (Å²) in [6, 6.07) is 0. The van der Waals surface area contributed by atoms with Crippen LogP contribution in [0.1, 0.15) is 45.9 Å². The second kappa shape index (κ2) is 5.10. The summed E-state index contributed by atoms with van der Waals surface area (Å²) in [5.74, 6) is 0.659. The fourth-order valence-corrected chi connectivity index (χ4v) is 2.76. The van der Waals surface area contributed by atoms with Crippen molar-refractivity contribution in [1.82, 2.24) is 20.5 Å². The molecular weight excluding hydrogens is 228 g/mol. The van der Waals surface area contributed by atoms with Gasteiger partial charge in [0.25, 0.3) is 0 Å². The molecule has 0 amide bonds. The van der Waals surface area contributed by atoms with Crippen LogP contribution in [0.5, 0.6) is 0 Å². The summed E-state index contributed by atoms with van der Waals surface area (Å²) in [5.41, 5.74) is 3.05. The van der Waals surface area contributed by atoms with Gasteiger partial charge in [0.15, 0.2) is 0 Å². The fraction of sp³-hybridized carbons (Fsp3) is 0.692. The molecule has 1 heterocycles. The van der Waals surface area contributed by atoms with Gasteiger partial charge in [-0.15, -0.1) is 0 Å². The van der Waals surface area contributed by atoms with Crippen molar-refractivity contribution in [2.24, 2.45) is 5.41 Å². The highest BCUT2D eigenvalue weighted by molar-refractivity contribution is 5.23. The van der Waals surface area contributed by atoms with E-state index in [1.165, 1.54) is 30.4 Å². The third-order valence-corrected chi connectivity index (χ3v) is 3.83. The minimum Gasteiger partial charge on any atom is -0.306 e. The van der Waals surface area contributed by atoms with Crippen LogP contribution in [-0.2, 0) is 6.54 Å². The first-order valence-corrected chi connectivity index (χ1v) is 6.52. The molecule has 1 aliphatic carbocycles. The minimum absolute atomic E-state index is 0.250. The highest BCUT2D eigenvalue weighted by Crippen LogP contribution is 2.39. The first-order valence-electron chi connectivity index (χ1n) is 6.52. The molecule has 1 aliphatic rings. The van der Waals surface area contributed by atoms with Crippen LogP contribution in [0.15, 0.2) is 15.9 Å². The third kappa shape index (κ3) is 2.90. The lowest BCUT2D eigenvalue weighted by molar-refractivity contribution is 0.354. The van der Waals surface area contributed by atoms with Crippen LogP contribution in [0.25, 0.3) is 0 Å². The molecule has 0 unspecified atom stereocenters. The summed E-state index contributed by atoms with van der Waals surface area (Å²) in [5, 5.41) is 9.61. The predicted octanol–water partition coefficient (Wildman–Crippen LogP) is 1.71. The average Bonchev–Trinajstić information content (AvgIpc) is 2.68. The molecule has 3 N–H and O–H groups in total. The quantitative estimate of drug-likeness (QED) is 0.712. The topological polar surface area (TPSA) is 73.6 Å². The smallest absolute Gasteiger partial charge is 0.306 e. The second-order valence-electron chi connectivity index (χ2n) is 5.72. The zero-order chi connectivity index (χ0) is 13.2. The largest absolute Gasteiger partial charge is 0.340 e. The number of rotatable bonds is 4. The summed E-state index contributed by atoms with van der Waals surface area (Å²) in [6.07, 6.45) is 3.75. The van der Waals surface area contributed by atoms with Crippen molar-refractivity contribution in [1.29, 1.82) is 0 Å². The third-order valence-electron chi connectivity index (χ3n) is 3.83. The molecule has 1 aromatic heterocycles. The molecule has 2 rings (SSSR count). The van der Waals surface area contributed by atoms with Gasteiger partial charge in [0.05, 0.1) is 6.54 Å². The van der Waals surface area contributed by atoms with E-state index in [0.29, 0.717) is 12.4 Å². The Morgan fingerprint density at radius 3 is 2.78 bits per heavy atom. The van der Waals surface area contributed by atoms with E-state index < -0.39 is 0 Å². The first kappa shape index (κ1) is 13.1. The van der Waals surface area contributed by atoms with Crippen molar-refractivity contribution < 1.29 is 0 Å². The maximum absolute atomic E-state index is 10.9. The average molecular weight is 250 g/mol. The number of nitrogens with one attached hydrogen (secondary N) is 3. The molecule has 18 heavy (non-hydrogen) atoms. The van der Waals surface area contributed by atoms with Gasteiger partial charge in [-0.3, -0.25) is 4.98 Å². The zero-order valence-electron chi connectivity index (χ0n) is 11.4. The molecule has 0 aliphatic heterocycles. The van der Waals surface area contributed by atoms with E-state index in [0.717, 1.165) is 6.54 Å². The Morgan fingerprint density at radius 2 is 2.17 bits per heavy atom. The molecule has 1 aromatic rings. The van der Waals surface area contributed by atoms with Gasteiger partial charge in [-0.1, -0.05) is 25.0 Å². The van der Waals surface area contributed by atoms with E-state index >= 15 is 0 Å². The van der Waals surface area contributed by atoms with Crippen LogP contribution in [0, 0.1) is 5.41 Å². The molecule has 5 nitrogen and oxygen atoms in total. The van der Waals surface area contributed by atoms with Crippen molar-refractivity contribution in [2.45, 2.75) is 46.6 Å². The highest BCUT2D eigenvalue weighted by Gasteiger charge is 2.27. The molecule has 0 bridgehead atoms. The maximum Gasteiger partial charge on any atom is 0.340 e. The number of allylic oxidation sites excluding steroid dienone is 1. The van der Waals surface area contributed by atoms with Gasteiger partial charge in [0.1, 0.15) is 5.82 Å². The number of hydrogen-bond donors (Lipinski definition) is 3. The molecule has 0 radical (unpaired) electrons. The van der Waals surface area contributed by atoms with Gasteiger partial charge in [-0.2, -0.15) is 5.10 Å². The van der Waals surface area contributed by atoms with Crippen LogP contribution in [0.3, 0.4) is 0 Å². The SMILES string of the molecule is CC1=C(CNCc2n[nH]c(=O)[nH]2)C(C)(C)CCC1. The van der Waals surface area contributed by atoms with Gasteiger partial charge in [0.2, 0.25) is 0 Å². The van der Waals surface area contributed by atoms with E-state index in [-0.39, 0.29) is 11.1 Å². The molecular formula is C13H22N4O. The Morgan fingerprint density at radius 1 is 1.39 bits per heavy atom. The minimum atomic E-state index is -0.250. The number of aromatic nitrogens is 3. The van der Waals surface area contributed by atoms with Crippen LogP contribution in [-0.4, -0.2) is 21.7 Å². The Labute approximate surface area is 107 Å². The van der Waals surface area contributed by atoms with Crippen molar-refractivity contribution in [3.05, 3.63) is 27.5 Å². The van der Waals surface area contributed by atoms with Crippen molar-refractivity contribution in [2.75, 3.05) is 6.54 Å². The second-order valence-corrected chi connectivity index (χ2v) is 5.72. The Balaban J connectivity index is 1.95. The maximum atomic E-state index is 10.9. The fourth-order valence-electron chi connectivity index (χ4n) is 2.76. The molecule has 0 fully saturated rings. The van der Waals surface area contributed by atoms with E-state index in [2.05, 4.69) is 41.3 Å². The van der Waals surface area contributed by atoms with Crippen molar-refractivity contribution >= 4 is 0 Å². The lowest BCUT2D eigenvalue weighted by Gasteiger charge is -2.34. The van der Waals surface area contributed by atoms with Gasteiger partial charge in [-0.05, 0) is 31.6 Å². The van der Waals surface area contributed by atoms with E-state index in [4.69, 9.17) is 0 Å². The normalized spacial score (nSPS) is 19.3. The van der Waals surface area contributed by atoms with E-state index in [1.54, 1.807) is 0 Å². The van der Waals surface area contributed by atoms with E-state index in [9.17, 15) is 4.79 Å². The lowest BCUT2D eigenvalue weighted by atomic mass is 9.73. The lowest BCUT2D eigenvalue weighted by Crippen LogP contribution is -2.29. The highest BCUT2D eigenvalue weighted by atomic mass is 16.1. The molecule has 0 aromatic carbocycles. The molecule has 0 atom stereocenters. The summed E-state index contributed by atoms with van der Waals surface area (Å²) in [4.78, 5) is 13.5. The van der Waals surface area contributed by atoms with Gasteiger partial charge in [0, 0.05) is 6.54 Å². The van der Waals surface area contributed by atoms with Crippen LogP contribution < -0.4 is 11.0 Å². The Bertz CT molecular complexity index is 495. The van der Waals surface area contributed by atoms with Crippen LogP contribution >= 0.6 is 0 Å². The summed E-state index contributed by atoms with van der Waals surface area (Å²) < 4.78 is 0.